The molecule has 0 radical (unpaired) electrons. The first kappa shape index (κ1) is 31.7. The molecule has 6 rings (SSSR count). The highest BCUT2D eigenvalue weighted by Gasteiger charge is 2.70. The lowest BCUT2D eigenvalue weighted by molar-refractivity contribution is -0.257. The summed E-state index contributed by atoms with van der Waals surface area (Å²) in [6, 6.07) is 12.1. The highest BCUT2D eigenvalue weighted by molar-refractivity contribution is 5.89. The van der Waals surface area contributed by atoms with Crippen LogP contribution in [0.5, 0.6) is 5.75 Å². The molecule has 9 heteroatoms. The molecule has 8 atom stereocenters. The van der Waals surface area contributed by atoms with Crippen LogP contribution in [0.2, 0.25) is 0 Å². The molecule has 1 aromatic carbocycles. The number of carbonyl (C=O) groups excluding carboxylic acids is 2. The molecule has 2 aromatic heterocycles. The van der Waals surface area contributed by atoms with E-state index < -0.39 is 46.2 Å². The van der Waals surface area contributed by atoms with Gasteiger partial charge in [0.2, 0.25) is 0 Å². The molecule has 1 N–H and O–H groups in total. The van der Waals surface area contributed by atoms with E-state index in [1.807, 2.05) is 6.92 Å². The topological polar surface area (TPSA) is 125 Å². The number of nitrogens with zero attached hydrogens (tertiary/aromatic N) is 1. The van der Waals surface area contributed by atoms with Crippen molar-refractivity contribution in [1.29, 1.82) is 0 Å². The lowest BCUT2D eigenvalue weighted by atomic mass is 9.41. The third kappa shape index (κ3) is 5.05. The van der Waals surface area contributed by atoms with E-state index in [-0.39, 0.29) is 41.5 Å². The molecule has 2 saturated carbocycles. The van der Waals surface area contributed by atoms with Crippen LogP contribution in [0.1, 0.15) is 81.5 Å². The minimum Gasteiger partial charge on any atom is -0.482 e. The van der Waals surface area contributed by atoms with Gasteiger partial charge in [-0.2, -0.15) is 0 Å². The first-order valence-corrected chi connectivity index (χ1v) is 15.8. The van der Waals surface area contributed by atoms with Gasteiger partial charge in [-0.3, -0.25) is 9.78 Å². The lowest BCUT2D eigenvalue weighted by Crippen LogP contribution is -2.70. The van der Waals surface area contributed by atoms with Crippen molar-refractivity contribution in [3.63, 3.8) is 0 Å². The lowest BCUT2D eigenvalue weighted by Gasteiger charge is -2.66. The SMILES string of the molecule is C=Cc1ccc(C(=O)O[C@H]2CC3[C@](C)(CC[C@H](C)[C@]3(C)COC(C)=O)C3C(O)c4c(cc(-c5cccnc5)oc4=O)O[C@@]32C)cc1. The summed E-state index contributed by atoms with van der Waals surface area (Å²) in [5, 5.41) is 12.3. The number of aliphatic hydroxyl groups is 1. The fourth-order valence-electron chi connectivity index (χ4n) is 8.65. The summed E-state index contributed by atoms with van der Waals surface area (Å²) < 4.78 is 24.5. The number of benzene rings is 1. The number of esters is 2. The average Bonchev–Trinajstić information content (AvgIpc) is 3.03. The zero-order valence-corrected chi connectivity index (χ0v) is 26.9. The van der Waals surface area contributed by atoms with Gasteiger partial charge in [0.1, 0.15) is 28.8 Å². The van der Waals surface area contributed by atoms with Crippen molar-refractivity contribution < 1.29 is 33.3 Å². The number of fused-ring (bicyclic) bond motifs is 4. The molecule has 2 fully saturated rings. The molecular formula is C37H41NO8. The summed E-state index contributed by atoms with van der Waals surface area (Å²) in [5.74, 6) is -1.12. The van der Waals surface area contributed by atoms with Crippen LogP contribution in [-0.4, -0.2) is 40.3 Å². The van der Waals surface area contributed by atoms with E-state index in [9.17, 15) is 19.5 Å². The second kappa shape index (κ2) is 11.5. The number of aliphatic hydroxyl groups excluding tert-OH is 1. The molecule has 3 heterocycles. The Labute approximate surface area is 268 Å². The predicted octanol–water partition coefficient (Wildman–Crippen LogP) is 6.40. The van der Waals surface area contributed by atoms with Crippen molar-refractivity contribution in [3.05, 3.63) is 88.5 Å². The molecule has 3 unspecified atom stereocenters. The summed E-state index contributed by atoms with van der Waals surface area (Å²) in [5.41, 5.74) is -1.15. The van der Waals surface area contributed by atoms with E-state index >= 15 is 0 Å². The number of carbonyl (C=O) groups is 2. The monoisotopic (exact) mass is 627 g/mol. The fourth-order valence-corrected chi connectivity index (χ4v) is 8.65. The molecule has 0 amide bonds. The van der Waals surface area contributed by atoms with Crippen molar-refractivity contribution in [2.24, 2.45) is 28.6 Å². The smallest absolute Gasteiger partial charge is 0.345 e. The average molecular weight is 628 g/mol. The Hall–Kier alpha value is -4.24. The second-order valence-corrected chi connectivity index (χ2v) is 13.9. The summed E-state index contributed by atoms with van der Waals surface area (Å²) in [4.78, 5) is 43.5. The van der Waals surface area contributed by atoms with Gasteiger partial charge in [-0.1, -0.05) is 45.6 Å². The summed E-state index contributed by atoms with van der Waals surface area (Å²) in [6.45, 7) is 13.6. The molecule has 9 nitrogen and oxygen atoms in total. The Morgan fingerprint density at radius 3 is 2.57 bits per heavy atom. The van der Waals surface area contributed by atoms with Crippen LogP contribution in [0.15, 0.2) is 70.6 Å². The van der Waals surface area contributed by atoms with Crippen LogP contribution in [-0.2, 0) is 14.3 Å². The molecule has 1 aliphatic heterocycles. The van der Waals surface area contributed by atoms with E-state index in [0.29, 0.717) is 17.5 Å². The maximum absolute atomic E-state index is 13.7. The van der Waals surface area contributed by atoms with Crippen LogP contribution >= 0.6 is 0 Å². The van der Waals surface area contributed by atoms with Gasteiger partial charge < -0.3 is 23.7 Å². The Bertz CT molecular complexity index is 1720. The van der Waals surface area contributed by atoms with Gasteiger partial charge in [0.05, 0.1) is 18.3 Å². The maximum atomic E-state index is 13.7. The zero-order chi connectivity index (χ0) is 33.0. The molecule has 3 aromatic rings. The maximum Gasteiger partial charge on any atom is 0.345 e. The highest BCUT2D eigenvalue weighted by Crippen LogP contribution is 2.68. The van der Waals surface area contributed by atoms with Crippen molar-refractivity contribution in [2.45, 2.75) is 71.7 Å². The molecule has 242 valence electrons. The van der Waals surface area contributed by atoms with Gasteiger partial charge in [-0.05, 0) is 73.3 Å². The molecule has 2 aliphatic carbocycles. The van der Waals surface area contributed by atoms with Crippen molar-refractivity contribution in [2.75, 3.05) is 6.61 Å². The quantitative estimate of drug-likeness (QED) is 0.309. The Balaban J connectivity index is 1.48. The summed E-state index contributed by atoms with van der Waals surface area (Å²) >= 11 is 0. The third-order valence-electron chi connectivity index (χ3n) is 11.3. The van der Waals surface area contributed by atoms with Crippen molar-refractivity contribution >= 4 is 18.0 Å². The Kier molecular flexibility index (Phi) is 7.95. The summed E-state index contributed by atoms with van der Waals surface area (Å²) in [6.07, 6.45) is 4.74. The minimum atomic E-state index is -1.28. The van der Waals surface area contributed by atoms with E-state index in [1.54, 1.807) is 60.9 Å². The van der Waals surface area contributed by atoms with Gasteiger partial charge in [-0.25, -0.2) is 9.59 Å². The number of hydrogen-bond donors (Lipinski definition) is 1. The van der Waals surface area contributed by atoms with Gasteiger partial charge in [-0.15, -0.1) is 0 Å². The normalized spacial score (nSPS) is 33.0. The number of hydrogen-bond acceptors (Lipinski definition) is 9. The van der Waals surface area contributed by atoms with Crippen LogP contribution in [0.3, 0.4) is 0 Å². The zero-order valence-electron chi connectivity index (χ0n) is 26.9. The van der Waals surface area contributed by atoms with Gasteiger partial charge >= 0.3 is 17.6 Å². The second-order valence-electron chi connectivity index (χ2n) is 13.9. The van der Waals surface area contributed by atoms with Crippen LogP contribution in [0.25, 0.3) is 17.4 Å². The standard InChI is InChI=1S/C37H41NO8/c1-7-23-10-12-24(13-11-23)33(41)45-29-18-28-35(4,15-14-21(2)36(28,5)20-43-22(3)39)32-31(40)30-27(46-37(29,32)6)17-26(44-34(30)42)25-9-8-16-38-19-25/h7-13,16-17,19,21,28-29,31-32,40H,1,14-15,18,20H2,2-6H3/t21-,28?,29-,31?,32?,35-,36-,37+/m0/s1. The van der Waals surface area contributed by atoms with E-state index in [4.69, 9.17) is 18.6 Å². The molecule has 0 bridgehead atoms. The van der Waals surface area contributed by atoms with Crippen LogP contribution in [0, 0.1) is 28.6 Å². The first-order valence-electron chi connectivity index (χ1n) is 15.8. The van der Waals surface area contributed by atoms with Gasteiger partial charge in [0, 0.05) is 42.3 Å². The largest absolute Gasteiger partial charge is 0.482 e. The molecule has 46 heavy (non-hydrogen) atoms. The van der Waals surface area contributed by atoms with Gasteiger partial charge in [0.25, 0.3) is 0 Å². The van der Waals surface area contributed by atoms with Crippen LogP contribution in [0.4, 0.5) is 0 Å². The van der Waals surface area contributed by atoms with Crippen molar-refractivity contribution in [1.82, 2.24) is 4.98 Å². The fraction of sp³-hybridized carbons (Fsp3) is 0.459. The van der Waals surface area contributed by atoms with E-state index in [0.717, 1.165) is 18.4 Å². The first-order chi connectivity index (χ1) is 21.8. The molecule has 0 saturated heterocycles. The van der Waals surface area contributed by atoms with Crippen LogP contribution < -0.4 is 10.4 Å². The Morgan fingerprint density at radius 1 is 1.17 bits per heavy atom. The number of pyridine rings is 1. The molecular weight excluding hydrogens is 586 g/mol. The van der Waals surface area contributed by atoms with E-state index in [1.165, 1.54) is 6.92 Å². The number of aromatic nitrogens is 1. The third-order valence-corrected chi connectivity index (χ3v) is 11.3. The Morgan fingerprint density at radius 2 is 1.91 bits per heavy atom. The van der Waals surface area contributed by atoms with Crippen molar-refractivity contribution in [3.8, 4) is 17.1 Å². The number of ether oxygens (including phenoxy) is 3. The number of rotatable bonds is 6. The molecule has 3 aliphatic rings. The van der Waals surface area contributed by atoms with Gasteiger partial charge in [0.15, 0.2) is 0 Å². The highest BCUT2D eigenvalue weighted by atomic mass is 16.6. The van der Waals surface area contributed by atoms with E-state index in [2.05, 4.69) is 32.3 Å². The molecule has 0 spiro atoms. The summed E-state index contributed by atoms with van der Waals surface area (Å²) in [7, 11) is 0. The predicted molar refractivity (Wildman–Crippen MR) is 171 cm³/mol. The minimum absolute atomic E-state index is 0.0439.